The van der Waals surface area contributed by atoms with Crippen molar-refractivity contribution in [2.45, 2.75) is 44.4 Å². The van der Waals surface area contributed by atoms with Crippen LogP contribution in [0.2, 0.25) is 0 Å². The van der Waals surface area contributed by atoms with Crippen LogP contribution in [0, 0.1) is 0 Å². The third kappa shape index (κ3) is 2.86. The Morgan fingerprint density at radius 2 is 1.58 bits per heavy atom. The van der Waals surface area contributed by atoms with E-state index < -0.39 is 0 Å². The molecule has 1 aliphatic heterocycles. The van der Waals surface area contributed by atoms with Crippen LogP contribution in [0.4, 0.5) is 0 Å². The molecule has 0 saturated carbocycles. The lowest BCUT2D eigenvalue weighted by Crippen LogP contribution is -2.40. The van der Waals surface area contributed by atoms with Crippen LogP contribution < -0.4 is 0 Å². The summed E-state index contributed by atoms with van der Waals surface area (Å²) in [6.45, 7) is 7.02. The van der Waals surface area contributed by atoms with Gasteiger partial charge in [-0.3, -0.25) is 4.90 Å². The lowest BCUT2D eigenvalue weighted by atomic mass is 10.2. The van der Waals surface area contributed by atoms with E-state index in [1.807, 2.05) is 0 Å². The van der Waals surface area contributed by atoms with Crippen LogP contribution in [0.3, 0.4) is 0 Å². The molecule has 0 aromatic heterocycles. The summed E-state index contributed by atoms with van der Waals surface area (Å²) in [4.78, 5) is 2.77. The largest absolute Gasteiger partial charge is 0.289 e. The van der Waals surface area contributed by atoms with Crippen molar-refractivity contribution in [3.63, 3.8) is 0 Å². The summed E-state index contributed by atoms with van der Waals surface area (Å²) in [5.41, 5.74) is 0. The summed E-state index contributed by atoms with van der Waals surface area (Å²) in [7, 11) is 1.66. The van der Waals surface area contributed by atoms with Gasteiger partial charge < -0.3 is 0 Å². The van der Waals surface area contributed by atoms with Crippen molar-refractivity contribution in [1.29, 1.82) is 0 Å². The van der Waals surface area contributed by atoms with Crippen LogP contribution in [0.25, 0.3) is 0 Å². The lowest BCUT2D eigenvalue weighted by molar-refractivity contribution is 0.205. The predicted octanol–water partition coefficient (Wildman–Crippen LogP) is 3.18. The lowest BCUT2D eigenvalue weighted by Gasteiger charge is -2.35. The van der Waals surface area contributed by atoms with Gasteiger partial charge >= 0.3 is 0 Å². The van der Waals surface area contributed by atoms with Crippen molar-refractivity contribution >= 4 is 22.5 Å². The van der Waals surface area contributed by atoms with Crippen molar-refractivity contribution in [3.05, 3.63) is 0 Å². The molecule has 12 heavy (non-hydrogen) atoms. The van der Waals surface area contributed by atoms with Crippen molar-refractivity contribution in [1.82, 2.24) is 4.90 Å². The summed E-state index contributed by atoms with van der Waals surface area (Å²) >= 11 is 4.32. The Kier molecular flexibility index (Phi) is 4.27. The molecule has 1 rings (SSSR count). The van der Waals surface area contributed by atoms with E-state index >= 15 is 0 Å². The predicted molar refractivity (Wildman–Crippen MR) is 60.7 cm³/mol. The Bertz CT molecular complexity index is 128. The number of likely N-dealkylation sites (tertiary alicyclic amines) is 1. The number of nitrogens with zero attached hydrogens (tertiary/aromatic N) is 1. The molecule has 0 radical (unpaired) electrons. The van der Waals surface area contributed by atoms with Crippen LogP contribution in [0.5, 0.6) is 0 Å². The molecule has 0 aromatic carbocycles. The van der Waals surface area contributed by atoms with Gasteiger partial charge in [-0.05, 0) is 39.8 Å². The average molecular weight is 205 g/mol. The first-order chi connectivity index (χ1) is 5.67. The monoisotopic (exact) mass is 205 g/mol. The van der Waals surface area contributed by atoms with E-state index in [9.17, 15) is 0 Å². The van der Waals surface area contributed by atoms with Crippen LogP contribution in [-0.4, -0.2) is 22.9 Å². The van der Waals surface area contributed by atoms with Gasteiger partial charge in [-0.1, -0.05) is 23.6 Å². The Balaban J connectivity index is 2.47. The van der Waals surface area contributed by atoms with Crippen molar-refractivity contribution < 1.29 is 0 Å². The Hall–Kier alpha value is 0.660. The highest BCUT2D eigenvalue weighted by molar-refractivity contribution is 8.69. The molecule has 0 aliphatic carbocycles. The molecule has 0 bridgehead atoms. The molecule has 1 fully saturated rings. The van der Waals surface area contributed by atoms with E-state index in [0.29, 0.717) is 0 Å². The second-order valence-corrected chi connectivity index (χ2v) is 5.67. The molecule has 0 N–H and O–H groups in total. The van der Waals surface area contributed by atoms with Gasteiger partial charge in [0.25, 0.3) is 0 Å². The van der Waals surface area contributed by atoms with E-state index in [4.69, 9.17) is 0 Å². The zero-order valence-electron chi connectivity index (χ0n) is 8.05. The number of rotatable bonds is 2. The molecule has 1 saturated heterocycles. The fourth-order valence-electron chi connectivity index (χ4n) is 1.67. The Morgan fingerprint density at radius 1 is 1.08 bits per heavy atom. The van der Waals surface area contributed by atoms with E-state index in [0.717, 1.165) is 0 Å². The third-order valence-electron chi connectivity index (χ3n) is 2.59. The van der Waals surface area contributed by atoms with Gasteiger partial charge in [0.15, 0.2) is 0 Å². The molecule has 72 valence electrons. The minimum absolute atomic E-state index is 0.216. The van der Waals surface area contributed by atoms with Crippen molar-refractivity contribution in [3.8, 4) is 0 Å². The highest BCUT2D eigenvalue weighted by Gasteiger charge is 2.26. The summed E-state index contributed by atoms with van der Waals surface area (Å²) in [6, 6.07) is 0. The SMILES string of the molecule is CC(C)(SS)N1CCCCCC1. The molecule has 1 nitrogen and oxygen atoms in total. The minimum Gasteiger partial charge on any atom is -0.289 e. The maximum absolute atomic E-state index is 4.32. The maximum atomic E-state index is 4.32. The van der Waals surface area contributed by atoms with Crippen LogP contribution >= 0.6 is 22.5 Å². The standard InChI is InChI=1S/C9H19NS2/c1-9(2,12-11)10-7-5-3-4-6-8-10/h11H,3-8H2,1-2H3. The van der Waals surface area contributed by atoms with E-state index in [2.05, 4.69) is 30.4 Å². The molecule has 0 atom stereocenters. The summed E-state index contributed by atoms with van der Waals surface area (Å²) < 4.78 is 0. The van der Waals surface area contributed by atoms with E-state index in [1.54, 1.807) is 10.8 Å². The van der Waals surface area contributed by atoms with Gasteiger partial charge in [0, 0.05) is 0 Å². The highest BCUT2D eigenvalue weighted by Crippen LogP contribution is 2.32. The molecule has 0 spiro atoms. The molecule has 3 heteroatoms. The van der Waals surface area contributed by atoms with E-state index in [1.165, 1.54) is 38.8 Å². The quantitative estimate of drug-likeness (QED) is 0.545. The van der Waals surface area contributed by atoms with Gasteiger partial charge in [-0.2, -0.15) is 0 Å². The molecule has 0 aromatic rings. The summed E-state index contributed by atoms with van der Waals surface area (Å²) in [5, 5.41) is 0. The molecular weight excluding hydrogens is 186 g/mol. The van der Waals surface area contributed by atoms with E-state index in [-0.39, 0.29) is 4.87 Å². The Morgan fingerprint density at radius 3 is 2.00 bits per heavy atom. The van der Waals surface area contributed by atoms with Crippen LogP contribution in [-0.2, 0) is 0 Å². The molecule has 0 unspecified atom stereocenters. The first-order valence-electron chi connectivity index (χ1n) is 4.74. The van der Waals surface area contributed by atoms with Gasteiger partial charge in [0.2, 0.25) is 0 Å². The second-order valence-electron chi connectivity index (χ2n) is 3.94. The highest BCUT2D eigenvalue weighted by atomic mass is 33.1. The second kappa shape index (κ2) is 4.77. The number of hydrogen-bond donors (Lipinski definition) is 1. The summed E-state index contributed by atoms with van der Waals surface area (Å²) in [5.74, 6) is 0. The third-order valence-corrected chi connectivity index (χ3v) is 4.64. The van der Waals surface area contributed by atoms with Gasteiger partial charge in [0.1, 0.15) is 0 Å². The van der Waals surface area contributed by atoms with Crippen molar-refractivity contribution in [2.24, 2.45) is 0 Å². The van der Waals surface area contributed by atoms with Gasteiger partial charge in [-0.25, -0.2) is 0 Å². The number of hydrogen-bond acceptors (Lipinski definition) is 3. The van der Waals surface area contributed by atoms with Crippen LogP contribution in [0.15, 0.2) is 0 Å². The normalized spacial score (nSPS) is 22.2. The van der Waals surface area contributed by atoms with Gasteiger partial charge in [-0.15, -0.1) is 11.7 Å². The fourth-order valence-corrected chi connectivity index (χ4v) is 2.31. The average Bonchev–Trinajstić information content (AvgIpc) is 2.32. The number of thiol groups is 1. The topological polar surface area (TPSA) is 3.24 Å². The zero-order chi connectivity index (χ0) is 9.03. The molecule has 0 amide bonds. The zero-order valence-corrected chi connectivity index (χ0v) is 9.76. The molecule has 1 aliphatic rings. The smallest absolute Gasteiger partial charge is 0.0713 e. The fraction of sp³-hybridized carbons (Fsp3) is 1.00. The molecular formula is C9H19NS2. The first kappa shape index (κ1) is 10.7. The summed E-state index contributed by atoms with van der Waals surface area (Å²) in [6.07, 6.45) is 5.53. The maximum Gasteiger partial charge on any atom is 0.0713 e. The van der Waals surface area contributed by atoms with Gasteiger partial charge in [0.05, 0.1) is 4.87 Å². The molecule has 1 heterocycles. The van der Waals surface area contributed by atoms with Crippen LogP contribution in [0.1, 0.15) is 39.5 Å². The Labute approximate surface area is 85.1 Å². The minimum atomic E-state index is 0.216. The van der Waals surface area contributed by atoms with Crippen molar-refractivity contribution in [2.75, 3.05) is 13.1 Å². The first-order valence-corrected chi connectivity index (χ1v) is 6.61.